The van der Waals surface area contributed by atoms with Gasteiger partial charge in [0.15, 0.2) is 0 Å². The van der Waals surface area contributed by atoms with Gasteiger partial charge >= 0.3 is 5.97 Å². The van der Waals surface area contributed by atoms with Crippen molar-refractivity contribution in [2.24, 2.45) is 11.8 Å². The van der Waals surface area contributed by atoms with Gasteiger partial charge in [0.25, 0.3) is 0 Å². The molecule has 0 spiro atoms. The normalized spacial score (nSPS) is 29.0. The van der Waals surface area contributed by atoms with E-state index in [0.29, 0.717) is 17.8 Å². The molecule has 1 aliphatic carbocycles. The summed E-state index contributed by atoms with van der Waals surface area (Å²) in [5.41, 5.74) is 1.39. The smallest absolute Gasteiger partial charge is 0.321 e. The number of carboxylic acids is 1. The number of hydrogen-bond donors (Lipinski definition) is 1. The number of hydrogen-bond acceptors (Lipinski definition) is 3. The molecule has 0 radical (unpaired) electrons. The number of likely N-dealkylation sites (tertiary alicyclic amines) is 2. The Balaban J connectivity index is 1.52. The number of rotatable bonds is 6. The molecule has 3 fully saturated rings. The van der Waals surface area contributed by atoms with Crippen LogP contribution in [0.1, 0.15) is 62.8 Å². The van der Waals surface area contributed by atoms with Crippen molar-refractivity contribution in [3.63, 3.8) is 0 Å². The number of carbonyl (C=O) groups is 1. The van der Waals surface area contributed by atoms with Crippen molar-refractivity contribution < 1.29 is 9.90 Å². The molecule has 1 aromatic rings. The second kappa shape index (κ2) is 9.41. The fourth-order valence-corrected chi connectivity index (χ4v) is 5.97. The highest BCUT2D eigenvalue weighted by Gasteiger charge is 2.43. The van der Waals surface area contributed by atoms with Crippen LogP contribution < -0.4 is 0 Å². The lowest BCUT2D eigenvalue weighted by atomic mass is 9.83. The van der Waals surface area contributed by atoms with Crippen LogP contribution in [0.2, 0.25) is 0 Å². The molecule has 3 aliphatic rings. The lowest BCUT2D eigenvalue weighted by molar-refractivity contribution is -0.145. The minimum Gasteiger partial charge on any atom is -0.480 e. The minimum atomic E-state index is -0.600. The number of piperidine rings is 1. The Kier molecular flexibility index (Phi) is 6.69. The SMILES string of the molecule is O=C(O)C(C1CCCCC1)N1CC(CN2CCCCC2)C(c2ccccc2)C1. The maximum absolute atomic E-state index is 12.3. The van der Waals surface area contributed by atoms with Gasteiger partial charge in [-0.15, -0.1) is 0 Å². The van der Waals surface area contributed by atoms with Crippen LogP contribution in [0, 0.1) is 11.8 Å². The zero-order chi connectivity index (χ0) is 19.3. The van der Waals surface area contributed by atoms with E-state index in [4.69, 9.17) is 0 Å². The molecule has 0 aromatic heterocycles. The third kappa shape index (κ3) is 4.60. The first kappa shape index (κ1) is 19.9. The zero-order valence-electron chi connectivity index (χ0n) is 17.1. The van der Waals surface area contributed by atoms with E-state index in [-0.39, 0.29) is 6.04 Å². The zero-order valence-corrected chi connectivity index (χ0v) is 17.1. The molecule has 0 bridgehead atoms. The van der Waals surface area contributed by atoms with Gasteiger partial charge in [-0.2, -0.15) is 0 Å². The van der Waals surface area contributed by atoms with E-state index in [1.807, 2.05) is 0 Å². The van der Waals surface area contributed by atoms with Crippen LogP contribution in [0.3, 0.4) is 0 Å². The van der Waals surface area contributed by atoms with Gasteiger partial charge in [0.2, 0.25) is 0 Å². The summed E-state index contributed by atoms with van der Waals surface area (Å²) >= 11 is 0. The summed E-state index contributed by atoms with van der Waals surface area (Å²) in [6, 6.07) is 10.5. The maximum atomic E-state index is 12.3. The fourth-order valence-electron chi connectivity index (χ4n) is 5.97. The lowest BCUT2D eigenvalue weighted by Crippen LogP contribution is -2.46. The summed E-state index contributed by atoms with van der Waals surface area (Å²) in [5.74, 6) is 0.716. The largest absolute Gasteiger partial charge is 0.480 e. The number of carboxylic acid groups (broad SMARTS) is 1. The molecule has 2 saturated heterocycles. The molecule has 28 heavy (non-hydrogen) atoms. The van der Waals surface area contributed by atoms with Crippen LogP contribution in [0.5, 0.6) is 0 Å². The molecule has 2 aliphatic heterocycles. The molecule has 2 heterocycles. The number of nitrogens with zero attached hydrogens (tertiary/aromatic N) is 2. The molecule has 0 amide bonds. The van der Waals surface area contributed by atoms with Gasteiger partial charge in [-0.05, 0) is 56.2 Å². The molecule has 3 unspecified atom stereocenters. The fraction of sp³-hybridized carbons (Fsp3) is 0.708. The summed E-state index contributed by atoms with van der Waals surface area (Å²) in [5, 5.41) is 10.1. The van der Waals surface area contributed by atoms with Gasteiger partial charge in [0.1, 0.15) is 6.04 Å². The van der Waals surface area contributed by atoms with Crippen molar-refractivity contribution in [1.29, 1.82) is 0 Å². The Morgan fingerprint density at radius 2 is 1.64 bits per heavy atom. The second-order valence-electron chi connectivity index (χ2n) is 9.27. The van der Waals surface area contributed by atoms with E-state index in [2.05, 4.69) is 40.1 Å². The van der Waals surface area contributed by atoms with E-state index >= 15 is 0 Å². The predicted molar refractivity (Wildman–Crippen MR) is 113 cm³/mol. The van der Waals surface area contributed by atoms with Gasteiger partial charge in [-0.3, -0.25) is 9.69 Å². The summed E-state index contributed by atoms with van der Waals surface area (Å²) in [6.45, 7) is 5.37. The Morgan fingerprint density at radius 3 is 2.32 bits per heavy atom. The predicted octanol–water partition coefficient (Wildman–Crippen LogP) is 4.22. The molecule has 4 rings (SSSR count). The summed E-state index contributed by atoms with van der Waals surface area (Å²) < 4.78 is 0. The Hall–Kier alpha value is -1.39. The van der Waals surface area contributed by atoms with Crippen LogP contribution in [0.25, 0.3) is 0 Å². The average Bonchev–Trinajstić information content (AvgIpc) is 3.13. The molecule has 4 heteroatoms. The van der Waals surface area contributed by atoms with Gasteiger partial charge in [0.05, 0.1) is 0 Å². The van der Waals surface area contributed by atoms with E-state index in [0.717, 1.165) is 32.5 Å². The number of aliphatic carboxylic acids is 1. The molecule has 3 atom stereocenters. The summed E-state index contributed by atoms with van der Waals surface area (Å²) in [7, 11) is 0. The van der Waals surface area contributed by atoms with Crippen LogP contribution in [-0.2, 0) is 4.79 Å². The third-order valence-corrected chi connectivity index (χ3v) is 7.38. The monoisotopic (exact) mass is 384 g/mol. The van der Waals surface area contributed by atoms with Crippen molar-refractivity contribution in [2.75, 3.05) is 32.7 Å². The highest BCUT2D eigenvalue weighted by Crippen LogP contribution is 2.38. The van der Waals surface area contributed by atoms with Crippen molar-refractivity contribution in [2.45, 2.75) is 63.3 Å². The quantitative estimate of drug-likeness (QED) is 0.797. The second-order valence-corrected chi connectivity index (χ2v) is 9.27. The molecular formula is C24H36N2O2. The average molecular weight is 385 g/mol. The first-order valence-corrected chi connectivity index (χ1v) is 11.5. The van der Waals surface area contributed by atoms with E-state index < -0.39 is 5.97 Å². The van der Waals surface area contributed by atoms with Gasteiger partial charge < -0.3 is 10.0 Å². The molecule has 1 aromatic carbocycles. The van der Waals surface area contributed by atoms with Crippen molar-refractivity contribution in [1.82, 2.24) is 9.80 Å². The lowest BCUT2D eigenvalue weighted by Gasteiger charge is -2.34. The van der Waals surface area contributed by atoms with Gasteiger partial charge in [-0.25, -0.2) is 0 Å². The summed E-state index contributed by atoms with van der Waals surface area (Å²) in [4.78, 5) is 17.2. The van der Waals surface area contributed by atoms with E-state index in [9.17, 15) is 9.90 Å². The van der Waals surface area contributed by atoms with Crippen molar-refractivity contribution in [3.8, 4) is 0 Å². The topological polar surface area (TPSA) is 43.8 Å². The Morgan fingerprint density at radius 1 is 0.964 bits per heavy atom. The Labute approximate surface area is 169 Å². The molecular weight excluding hydrogens is 348 g/mol. The van der Waals surface area contributed by atoms with Gasteiger partial charge in [0, 0.05) is 25.6 Å². The van der Waals surface area contributed by atoms with Crippen LogP contribution >= 0.6 is 0 Å². The van der Waals surface area contributed by atoms with Gasteiger partial charge in [-0.1, -0.05) is 56.0 Å². The third-order valence-electron chi connectivity index (χ3n) is 7.38. The summed E-state index contributed by atoms with van der Waals surface area (Å²) in [6.07, 6.45) is 9.81. The van der Waals surface area contributed by atoms with E-state index in [1.165, 1.54) is 57.2 Å². The van der Waals surface area contributed by atoms with Crippen LogP contribution in [0.15, 0.2) is 30.3 Å². The van der Waals surface area contributed by atoms with Crippen molar-refractivity contribution >= 4 is 5.97 Å². The first-order chi connectivity index (χ1) is 13.7. The highest BCUT2D eigenvalue weighted by molar-refractivity contribution is 5.74. The number of benzene rings is 1. The first-order valence-electron chi connectivity index (χ1n) is 11.5. The molecule has 1 N–H and O–H groups in total. The van der Waals surface area contributed by atoms with E-state index in [1.54, 1.807) is 0 Å². The molecule has 4 nitrogen and oxygen atoms in total. The molecule has 154 valence electrons. The Bertz CT molecular complexity index is 623. The maximum Gasteiger partial charge on any atom is 0.321 e. The standard InChI is InChI=1S/C24H36N2O2/c27-24(28)23(20-12-6-2-7-13-20)26-17-21(16-25-14-8-3-9-15-25)22(18-26)19-10-4-1-5-11-19/h1,4-5,10-11,20-23H,2-3,6-9,12-18H2,(H,27,28). The highest BCUT2D eigenvalue weighted by atomic mass is 16.4. The van der Waals surface area contributed by atoms with Crippen LogP contribution in [-0.4, -0.2) is 59.6 Å². The van der Waals surface area contributed by atoms with Crippen molar-refractivity contribution in [3.05, 3.63) is 35.9 Å². The molecule has 1 saturated carbocycles. The minimum absolute atomic E-state index is 0.294. The van der Waals surface area contributed by atoms with Crippen LogP contribution in [0.4, 0.5) is 0 Å².